The first-order valence-corrected chi connectivity index (χ1v) is 5.92. The van der Waals surface area contributed by atoms with Crippen LogP contribution in [-0.4, -0.2) is 19.6 Å². The molecule has 0 amide bonds. The summed E-state index contributed by atoms with van der Waals surface area (Å²) in [7, 11) is 0. The maximum absolute atomic E-state index is 9.75. The Morgan fingerprint density at radius 3 is 2.82 bits per heavy atom. The van der Waals surface area contributed by atoms with Crippen LogP contribution in [-0.2, 0) is 0 Å². The van der Waals surface area contributed by atoms with Gasteiger partial charge in [-0.25, -0.2) is 4.98 Å². The van der Waals surface area contributed by atoms with E-state index in [2.05, 4.69) is 4.98 Å². The topological polar surface area (TPSA) is 57.8 Å². The van der Waals surface area contributed by atoms with E-state index >= 15 is 0 Å². The zero-order valence-corrected chi connectivity index (χ0v) is 9.90. The Bertz CT molecular complexity index is 668. The largest absolute Gasteiger partial charge is 0.508 e. The van der Waals surface area contributed by atoms with E-state index in [-0.39, 0.29) is 11.5 Å². The molecular formula is C12H10N2O2S. The van der Waals surface area contributed by atoms with Gasteiger partial charge in [0.25, 0.3) is 0 Å². The second-order valence-corrected chi connectivity index (χ2v) is 5.07. The molecule has 0 aliphatic rings. The van der Waals surface area contributed by atoms with Crippen LogP contribution in [0.4, 0.5) is 0 Å². The standard InChI is InChI=1S/C12H10N2O2S/c1-7-5-14-6-10(13-12(14)17-7)9-4-8(15)2-3-11(9)16/h2-6,15-16H,1H3. The lowest BCUT2D eigenvalue weighted by atomic mass is 10.1. The first-order valence-electron chi connectivity index (χ1n) is 5.11. The molecule has 3 aromatic rings. The van der Waals surface area contributed by atoms with Gasteiger partial charge in [-0.3, -0.25) is 4.40 Å². The Labute approximate surface area is 101 Å². The Morgan fingerprint density at radius 2 is 2.06 bits per heavy atom. The number of hydrogen-bond acceptors (Lipinski definition) is 4. The zero-order chi connectivity index (χ0) is 12.0. The number of rotatable bonds is 1. The van der Waals surface area contributed by atoms with Gasteiger partial charge in [0.1, 0.15) is 11.5 Å². The minimum Gasteiger partial charge on any atom is -0.508 e. The molecule has 86 valence electrons. The van der Waals surface area contributed by atoms with E-state index in [0.717, 1.165) is 4.96 Å². The number of fused-ring (bicyclic) bond motifs is 1. The van der Waals surface area contributed by atoms with Crippen molar-refractivity contribution in [1.29, 1.82) is 0 Å². The summed E-state index contributed by atoms with van der Waals surface area (Å²) in [5, 5.41) is 19.2. The number of aromatic nitrogens is 2. The number of imidazole rings is 1. The van der Waals surface area contributed by atoms with E-state index in [4.69, 9.17) is 0 Å². The summed E-state index contributed by atoms with van der Waals surface area (Å²) in [6, 6.07) is 4.42. The summed E-state index contributed by atoms with van der Waals surface area (Å²) < 4.78 is 1.92. The molecule has 2 aromatic heterocycles. The monoisotopic (exact) mass is 246 g/mol. The molecule has 0 spiro atoms. The fourth-order valence-corrected chi connectivity index (χ4v) is 2.58. The molecule has 0 saturated carbocycles. The van der Waals surface area contributed by atoms with Crippen molar-refractivity contribution in [2.75, 3.05) is 0 Å². The molecule has 4 nitrogen and oxygen atoms in total. The van der Waals surface area contributed by atoms with E-state index in [1.54, 1.807) is 11.3 Å². The molecule has 2 heterocycles. The number of phenols is 2. The third-order valence-corrected chi connectivity index (χ3v) is 3.44. The van der Waals surface area contributed by atoms with Gasteiger partial charge in [0, 0.05) is 22.8 Å². The van der Waals surface area contributed by atoms with Crippen molar-refractivity contribution in [3.05, 3.63) is 35.5 Å². The number of phenolic OH excluding ortho intramolecular Hbond substituents is 2. The summed E-state index contributed by atoms with van der Waals surface area (Å²) in [4.78, 5) is 6.47. The highest BCUT2D eigenvalue weighted by Crippen LogP contribution is 2.32. The molecule has 0 fully saturated rings. The summed E-state index contributed by atoms with van der Waals surface area (Å²) in [5.41, 5.74) is 1.20. The van der Waals surface area contributed by atoms with Crippen molar-refractivity contribution in [1.82, 2.24) is 9.38 Å². The molecule has 0 aliphatic carbocycles. The quantitative estimate of drug-likeness (QED) is 0.649. The molecule has 2 N–H and O–H groups in total. The second-order valence-electron chi connectivity index (χ2n) is 3.86. The number of nitrogens with zero attached hydrogens (tertiary/aromatic N) is 2. The fraction of sp³-hybridized carbons (Fsp3) is 0.0833. The number of hydrogen-bond donors (Lipinski definition) is 2. The summed E-state index contributed by atoms with van der Waals surface area (Å²) >= 11 is 1.59. The van der Waals surface area contributed by atoms with Gasteiger partial charge in [0.15, 0.2) is 4.96 Å². The minimum absolute atomic E-state index is 0.116. The van der Waals surface area contributed by atoms with Crippen LogP contribution in [0, 0.1) is 6.92 Å². The Kier molecular flexibility index (Phi) is 2.09. The maximum Gasteiger partial charge on any atom is 0.194 e. The highest BCUT2D eigenvalue weighted by molar-refractivity contribution is 7.17. The van der Waals surface area contributed by atoms with Gasteiger partial charge in [-0.05, 0) is 25.1 Å². The number of benzene rings is 1. The van der Waals surface area contributed by atoms with Crippen LogP contribution in [0.25, 0.3) is 16.2 Å². The molecule has 0 unspecified atom stereocenters. The van der Waals surface area contributed by atoms with Crippen LogP contribution in [0.3, 0.4) is 0 Å². The molecule has 0 radical (unpaired) electrons. The van der Waals surface area contributed by atoms with Crippen molar-refractivity contribution in [2.45, 2.75) is 6.92 Å². The van der Waals surface area contributed by atoms with E-state index in [1.165, 1.54) is 23.1 Å². The van der Waals surface area contributed by atoms with Gasteiger partial charge in [0.2, 0.25) is 0 Å². The molecule has 0 aliphatic heterocycles. The third kappa shape index (κ3) is 1.64. The van der Waals surface area contributed by atoms with Crippen LogP contribution in [0.15, 0.2) is 30.6 Å². The fourth-order valence-electron chi connectivity index (χ4n) is 1.77. The Morgan fingerprint density at radius 1 is 1.24 bits per heavy atom. The lowest BCUT2D eigenvalue weighted by Gasteiger charge is -2.01. The molecule has 17 heavy (non-hydrogen) atoms. The molecule has 0 saturated heterocycles. The highest BCUT2D eigenvalue weighted by atomic mass is 32.1. The van der Waals surface area contributed by atoms with E-state index in [1.807, 2.05) is 23.7 Å². The van der Waals surface area contributed by atoms with Crippen molar-refractivity contribution in [2.24, 2.45) is 0 Å². The van der Waals surface area contributed by atoms with E-state index in [0.29, 0.717) is 11.3 Å². The van der Waals surface area contributed by atoms with Gasteiger partial charge >= 0.3 is 0 Å². The molecule has 0 bridgehead atoms. The van der Waals surface area contributed by atoms with E-state index in [9.17, 15) is 10.2 Å². The van der Waals surface area contributed by atoms with Crippen molar-refractivity contribution in [3.63, 3.8) is 0 Å². The van der Waals surface area contributed by atoms with Crippen LogP contribution >= 0.6 is 11.3 Å². The minimum atomic E-state index is 0.116. The molecule has 1 aromatic carbocycles. The number of thiazole rings is 1. The lowest BCUT2D eigenvalue weighted by molar-refractivity contribution is 0.462. The van der Waals surface area contributed by atoms with Gasteiger partial charge in [-0.2, -0.15) is 0 Å². The highest BCUT2D eigenvalue weighted by Gasteiger charge is 2.11. The van der Waals surface area contributed by atoms with Crippen LogP contribution in [0.2, 0.25) is 0 Å². The van der Waals surface area contributed by atoms with Gasteiger partial charge in [-0.15, -0.1) is 11.3 Å². The zero-order valence-electron chi connectivity index (χ0n) is 9.08. The molecule has 0 atom stereocenters. The number of aromatic hydroxyl groups is 2. The van der Waals surface area contributed by atoms with E-state index < -0.39 is 0 Å². The van der Waals surface area contributed by atoms with Crippen molar-refractivity contribution >= 4 is 16.3 Å². The van der Waals surface area contributed by atoms with Crippen LogP contribution in [0.5, 0.6) is 11.5 Å². The van der Waals surface area contributed by atoms with Gasteiger partial charge in [0.05, 0.1) is 5.69 Å². The van der Waals surface area contributed by atoms with Crippen LogP contribution in [0.1, 0.15) is 4.88 Å². The molecule has 5 heteroatoms. The number of aryl methyl sites for hydroxylation is 1. The predicted octanol–water partition coefficient (Wildman–Crippen LogP) is 2.78. The molecule has 3 rings (SSSR count). The first-order chi connectivity index (χ1) is 8.13. The average molecular weight is 246 g/mol. The first kappa shape index (κ1) is 10.2. The summed E-state index contributed by atoms with van der Waals surface area (Å²) in [5.74, 6) is 0.232. The second kappa shape index (κ2) is 3.49. The average Bonchev–Trinajstić information content (AvgIpc) is 2.78. The third-order valence-electron chi connectivity index (χ3n) is 2.53. The van der Waals surface area contributed by atoms with Gasteiger partial charge in [-0.1, -0.05) is 0 Å². The molecular weight excluding hydrogens is 236 g/mol. The maximum atomic E-state index is 9.75. The summed E-state index contributed by atoms with van der Waals surface area (Å²) in [6.45, 7) is 2.02. The normalized spacial score (nSPS) is 11.1. The van der Waals surface area contributed by atoms with Crippen molar-refractivity contribution < 1.29 is 10.2 Å². The summed E-state index contributed by atoms with van der Waals surface area (Å²) in [6.07, 6.45) is 3.82. The van der Waals surface area contributed by atoms with Gasteiger partial charge < -0.3 is 10.2 Å². The van der Waals surface area contributed by atoms with Crippen molar-refractivity contribution in [3.8, 4) is 22.8 Å². The Balaban J connectivity index is 2.19. The SMILES string of the molecule is Cc1cn2cc(-c3cc(O)ccc3O)nc2s1. The predicted molar refractivity (Wildman–Crippen MR) is 66.6 cm³/mol. The smallest absolute Gasteiger partial charge is 0.194 e. The Hall–Kier alpha value is -2.01. The lowest BCUT2D eigenvalue weighted by Crippen LogP contribution is -1.79. The van der Waals surface area contributed by atoms with Crippen LogP contribution < -0.4 is 0 Å².